The van der Waals surface area contributed by atoms with Crippen molar-refractivity contribution in [2.45, 2.75) is 12.8 Å². The molecule has 0 fully saturated rings. The summed E-state index contributed by atoms with van der Waals surface area (Å²) in [4.78, 5) is 0. The largest absolute Gasteiger partial charge is 2.00 e. The molecule has 0 aromatic carbocycles. The smallest absolute Gasteiger partial charge is 1.00 e. The van der Waals surface area contributed by atoms with Gasteiger partial charge in [0.2, 0.25) is 0 Å². The van der Waals surface area contributed by atoms with Crippen molar-refractivity contribution >= 4 is 57.2 Å². The first kappa shape index (κ1) is 12.1. The van der Waals surface area contributed by atoms with Crippen molar-refractivity contribution in [1.29, 1.82) is 0 Å². The fourth-order valence-corrected chi connectivity index (χ4v) is 0.606. The SMILES string of the molecule is ClCCCC#CI.[H-].[H-].[Mg+2]. The van der Waals surface area contributed by atoms with Crippen LogP contribution in [0, 0.1) is 9.85 Å². The summed E-state index contributed by atoms with van der Waals surface area (Å²) in [7, 11) is 0. The minimum absolute atomic E-state index is 0. The molecule has 0 aliphatic carbocycles. The molecule has 0 aromatic heterocycles. The van der Waals surface area contributed by atoms with Crippen molar-refractivity contribution in [2.24, 2.45) is 0 Å². The fraction of sp³-hybridized carbons (Fsp3) is 0.600. The van der Waals surface area contributed by atoms with Crippen LogP contribution < -0.4 is 0 Å². The number of rotatable bonds is 2. The molecule has 0 radical (unpaired) electrons. The zero-order valence-corrected chi connectivity index (χ0v) is 8.91. The van der Waals surface area contributed by atoms with Gasteiger partial charge in [0.05, 0.1) is 0 Å². The Bertz CT molecular complexity index is 91.4. The minimum atomic E-state index is 0. The first-order valence-electron chi connectivity index (χ1n) is 2.06. The van der Waals surface area contributed by atoms with Gasteiger partial charge < -0.3 is 2.85 Å². The standard InChI is InChI=1S/C5H6ClI.Mg.2H/c6-4-2-1-3-5-7;;;/h1-2,4H2;;;/q;+2;2*-1. The van der Waals surface area contributed by atoms with E-state index < -0.39 is 0 Å². The van der Waals surface area contributed by atoms with Crippen molar-refractivity contribution in [3.63, 3.8) is 0 Å². The molecule has 0 spiro atoms. The molecular weight excluding hydrogens is 247 g/mol. The summed E-state index contributed by atoms with van der Waals surface area (Å²) in [6.07, 6.45) is 1.95. The van der Waals surface area contributed by atoms with E-state index in [-0.39, 0.29) is 25.9 Å². The average molecular weight is 255 g/mol. The van der Waals surface area contributed by atoms with Crippen LogP contribution in [0.2, 0.25) is 0 Å². The van der Waals surface area contributed by atoms with E-state index in [0.29, 0.717) is 0 Å². The summed E-state index contributed by atoms with van der Waals surface area (Å²) in [5, 5.41) is 0. The van der Waals surface area contributed by atoms with Crippen LogP contribution in [0.15, 0.2) is 0 Å². The van der Waals surface area contributed by atoms with Crippen molar-refractivity contribution < 1.29 is 2.85 Å². The van der Waals surface area contributed by atoms with Crippen LogP contribution in [0.3, 0.4) is 0 Å². The van der Waals surface area contributed by atoms with Crippen LogP contribution in [-0.4, -0.2) is 28.9 Å². The van der Waals surface area contributed by atoms with E-state index in [1.54, 1.807) is 0 Å². The van der Waals surface area contributed by atoms with Gasteiger partial charge in [0, 0.05) is 34.9 Å². The molecule has 0 N–H and O–H groups in total. The Morgan fingerprint density at radius 2 is 2.25 bits per heavy atom. The van der Waals surface area contributed by atoms with E-state index in [4.69, 9.17) is 11.6 Å². The topological polar surface area (TPSA) is 0 Å². The molecule has 8 heavy (non-hydrogen) atoms. The maximum absolute atomic E-state index is 5.37. The third-order valence-corrected chi connectivity index (χ3v) is 1.15. The van der Waals surface area contributed by atoms with Gasteiger partial charge in [0.1, 0.15) is 0 Å². The van der Waals surface area contributed by atoms with Gasteiger partial charge in [0.15, 0.2) is 0 Å². The van der Waals surface area contributed by atoms with Gasteiger partial charge in [-0.05, 0) is 10.3 Å². The Kier molecular flexibility index (Phi) is 16.9. The maximum Gasteiger partial charge on any atom is 2.00 e. The van der Waals surface area contributed by atoms with E-state index in [2.05, 4.69) is 9.85 Å². The van der Waals surface area contributed by atoms with Gasteiger partial charge >= 0.3 is 23.1 Å². The summed E-state index contributed by atoms with van der Waals surface area (Å²) in [6.45, 7) is 0. The Morgan fingerprint density at radius 3 is 2.62 bits per heavy atom. The van der Waals surface area contributed by atoms with E-state index in [1.807, 2.05) is 22.6 Å². The molecule has 0 aliphatic rings. The molecule has 0 nitrogen and oxygen atoms in total. The second-order valence-corrected chi connectivity index (χ2v) is 1.98. The summed E-state index contributed by atoms with van der Waals surface area (Å²) < 4.78 is 2.76. The Hall–Kier alpha value is 1.35. The summed E-state index contributed by atoms with van der Waals surface area (Å²) in [6, 6.07) is 0. The number of alkyl halides is 1. The van der Waals surface area contributed by atoms with Gasteiger partial charge in [-0.15, -0.1) is 11.6 Å². The molecule has 0 bridgehead atoms. The zero-order valence-electron chi connectivity index (χ0n) is 6.58. The monoisotopic (exact) mass is 254 g/mol. The van der Waals surface area contributed by atoms with Crippen LogP contribution in [0.4, 0.5) is 0 Å². The molecular formula is C5H8ClIMg. The van der Waals surface area contributed by atoms with Crippen LogP contribution in [-0.2, 0) is 0 Å². The van der Waals surface area contributed by atoms with Gasteiger partial charge in [-0.1, -0.05) is 5.92 Å². The van der Waals surface area contributed by atoms with Crippen molar-refractivity contribution in [3.05, 3.63) is 0 Å². The number of hydrogen-bond donors (Lipinski definition) is 0. The van der Waals surface area contributed by atoms with Crippen molar-refractivity contribution in [2.75, 3.05) is 5.88 Å². The van der Waals surface area contributed by atoms with Gasteiger partial charge in [-0.3, -0.25) is 0 Å². The normalized spacial score (nSPS) is 6.25. The molecule has 0 atom stereocenters. The second-order valence-electron chi connectivity index (χ2n) is 1.06. The van der Waals surface area contributed by atoms with E-state index in [0.717, 1.165) is 18.7 Å². The van der Waals surface area contributed by atoms with Gasteiger partial charge in [-0.25, -0.2) is 0 Å². The molecule has 44 valence electrons. The van der Waals surface area contributed by atoms with Crippen LogP contribution >= 0.6 is 34.2 Å². The molecule has 0 rings (SSSR count). The molecule has 0 saturated carbocycles. The van der Waals surface area contributed by atoms with Crippen molar-refractivity contribution in [3.8, 4) is 9.85 Å². The minimum Gasteiger partial charge on any atom is -1.00 e. The molecule has 0 amide bonds. The second kappa shape index (κ2) is 11.2. The summed E-state index contributed by atoms with van der Waals surface area (Å²) >= 11 is 7.39. The number of halogens is 2. The van der Waals surface area contributed by atoms with E-state index in [9.17, 15) is 0 Å². The van der Waals surface area contributed by atoms with Gasteiger partial charge in [0.25, 0.3) is 0 Å². The third-order valence-electron chi connectivity index (χ3n) is 0.502. The molecule has 0 aromatic rings. The van der Waals surface area contributed by atoms with Gasteiger partial charge in [-0.2, -0.15) is 0 Å². The number of hydrogen-bond acceptors (Lipinski definition) is 0. The van der Waals surface area contributed by atoms with E-state index in [1.165, 1.54) is 0 Å². The molecule has 0 heterocycles. The molecule has 0 aliphatic heterocycles. The first-order valence-corrected chi connectivity index (χ1v) is 3.67. The quantitative estimate of drug-likeness (QED) is 0.233. The predicted molar refractivity (Wildman–Crippen MR) is 49.7 cm³/mol. The zero-order chi connectivity index (χ0) is 5.54. The molecule has 0 unspecified atom stereocenters. The first-order chi connectivity index (χ1) is 3.41. The third kappa shape index (κ3) is 10.4. The summed E-state index contributed by atoms with van der Waals surface area (Å²) in [5.41, 5.74) is 0. The average Bonchev–Trinajstić information content (AvgIpc) is 1.69. The Morgan fingerprint density at radius 1 is 1.62 bits per heavy atom. The van der Waals surface area contributed by atoms with Crippen LogP contribution in [0.5, 0.6) is 0 Å². The molecule has 0 saturated heterocycles. The Balaban J connectivity index is -0.0000000600. The maximum atomic E-state index is 5.37. The molecule has 3 heteroatoms. The van der Waals surface area contributed by atoms with Crippen molar-refractivity contribution in [1.82, 2.24) is 0 Å². The fourth-order valence-electron chi connectivity index (χ4n) is 0.202. The predicted octanol–water partition coefficient (Wildman–Crippen LogP) is 2.25. The van der Waals surface area contributed by atoms with Crippen LogP contribution in [0.1, 0.15) is 15.7 Å². The van der Waals surface area contributed by atoms with Crippen LogP contribution in [0.25, 0.3) is 0 Å². The number of unbranched alkanes of at least 4 members (excludes halogenated alkanes) is 1. The van der Waals surface area contributed by atoms with E-state index >= 15 is 0 Å². The summed E-state index contributed by atoms with van der Waals surface area (Å²) in [5.74, 6) is 3.63. The Labute approximate surface area is 88.0 Å².